The highest BCUT2D eigenvalue weighted by atomic mass is 35.5. The van der Waals surface area contributed by atoms with Crippen molar-refractivity contribution in [1.82, 2.24) is 14.6 Å². The molecule has 2 aromatic heterocycles. The third-order valence-corrected chi connectivity index (χ3v) is 9.10. The first kappa shape index (κ1) is 29.7. The molecule has 4 heterocycles. The molecule has 1 amide bonds. The van der Waals surface area contributed by atoms with Crippen molar-refractivity contribution in [3.8, 4) is 22.4 Å². The maximum absolute atomic E-state index is 12.2. The van der Waals surface area contributed by atoms with Gasteiger partial charge in [0.15, 0.2) is 11.4 Å². The number of hydrogen-bond acceptors (Lipinski definition) is 7. The van der Waals surface area contributed by atoms with Crippen LogP contribution in [0.2, 0.25) is 10.0 Å². The lowest BCUT2D eigenvalue weighted by Crippen LogP contribution is -2.46. The van der Waals surface area contributed by atoms with Gasteiger partial charge in [-0.1, -0.05) is 60.5 Å². The number of carbonyl (C=O) groups is 1. The van der Waals surface area contributed by atoms with E-state index in [0.717, 1.165) is 22.5 Å². The SMILES string of the molecule is CC1(C)OCC(CNc2cc(N3CCC(C)(C(N)=O)CC3)n3nc(-c4ccccc4Cl)c(-c4ccc(Cl)cc4)c3n2)CO1. The highest BCUT2D eigenvalue weighted by Gasteiger charge is 2.36. The molecule has 4 aromatic rings. The van der Waals surface area contributed by atoms with E-state index < -0.39 is 11.2 Å². The van der Waals surface area contributed by atoms with Crippen molar-refractivity contribution in [3.05, 3.63) is 64.6 Å². The molecule has 6 rings (SSSR count). The molecule has 9 nitrogen and oxygen atoms in total. The van der Waals surface area contributed by atoms with E-state index in [2.05, 4.69) is 10.2 Å². The van der Waals surface area contributed by atoms with Gasteiger partial charge in [0.1, 0.15) is 17.3 Å². The average molecular weight is 624 g/mol. The summed E-state index contributed by atoms with van der Waals surface area (Å²) in [5, 5.41) is 9.90. The molecular formula is C32H36Cl2N6O3. The predicted molar refractivity (Wildman–Crippen MR) is 171 cm³/mol. The zero-order valence-corrected chi connectivity index (χ0v) is 26.1. The van der Waals surface area contributed by atoms with Gasteiger partial charge >= 0.3 is 0 Å². The van der Waals surface area contributed by atoms with Crippen LogP contribution in [0.4, 0.5) is 11.6 Å². The fourth-order valence-electron chi connectivity index (χ4n) is 5.61. The molecule has 2 fully saturated rings. The fourth-order valence-corrected chi connectivity index (χ4v) is 5.96. The third kappa shape index (κ3) is 6.04. The maximum Gasteiger partial charge on any atom is 0.223 e. The van der Waals surface area contributed by atoms with Crippen LogP contribution in [0.15, 0.2) is 54.6 Å². The number of aromatic nitrogens is 3. The van der Waals surface area contributed by atoms with Gasteiger partial charge in [0.2, 0.25) is 5.91 Å². The molecule has 0 spiro atoms. The van der Waals surface area contributed by atoms with Crippen molar-refractivity contribution >= 4 is 46.4 Å². The van der Waals surface area contributed by atoms with E-state index in [1.165, 1.54) is 0 Å². The van der Waals surface area contributed by atoms with Crippen molar-refractivity contribution in [1.29, 1.82) is 0 Å². The Hall–Kier alpha value is -3.37. The van der Waals surface area contributed by atoms with Crippen molar-refractivity contribution in [2.75, 3.05) is 43.1 Å². The summed E-state index contributed by atoms with van der Waals surface area (Å²) in [6, 6.07) is 17.4. The van der Waals surface area contributed by atoms with Gasteiger partial charge in [0.25, 0.3) is 0 Å². The molecule has 0 saturated carbocycles. The zero-order valence-electron chi connectivity index (χ0n) is 24.6. The summed E-state index contributed by atoms with van der Waals surface area (Å²) in [6.07, 6.45) is 1.29. The first-order chi connectivity index (χ1) is 20.5. The Balaban J connectivity index is 1.47. The number of nitrogens with one attached hydrogen (secondary N) is 1. The summed E-state index contributed by atoms with van der Waals surface area (Å²) in [5.74, 6) is 0.898. The number of piperidine rings is 1. The van der Waals surface area contributed by atoms with Crippen LogP contribution in [0.1, 0.15) is 33.6 Å². The summed E-state index contributed by atoms with van der Waals surface area (Å²) in [4.78, 5) is 19.6. The predicted octanol–water partition coefficient (Wildman–Crippen LogP) is 6.27. The van der Waals surface area contributed by atoms with Crippen molar-refractivity contribution in [2.45, 2.75) is 39.4 Å². The Morgan fingerprint density at radius 3 is 2.37 bits per heavy atom. The molecule has 2 aromatic carbocycles. The number of anilines is 2. The number of halogens is 2. The summed E-state index contributed by atoms with van der Waals surface area (Å²) in [5.41, 5.74) is 9.19. The van der Waals surface area contributed by atoms with Crippen molar-refractivity contribution < 1.29 is 14.3 Å². The molecule has 0 unspecified atom stereocenters. The number of nitrogens with zero attached hydrogens (tertiary/aromatic N) is 4. The minimum absolute atomic E-state index is 0.167. The molecule has 0 aliphatic carbocycles. The first-order valence-electron chi connectivity index (χ1n) is 14.5. The summed E-state index contributed by atoms with van der Waals surface area (Å²) >= 11 is 13.0. The van der Waals surface area contributed by atoms with E-state index in [9.17, 15) is 4.79 Å². The van der Waals surface area contributed by atoms with Crippen LogP contribution in [-0.2, 0) is 14.3 Å². The van der Waals surface area contributed by atoms with E-state index in [0.29, 0.717) is 72.9 Å². The van der Waals surface area contributed by atoms with Crippen molar-refractivity contribution in [2.24, 2.45) is 17.1 Å². The lowest BCUT2D eigenvalue weighted by molar-refractivity contribution is -0.260. The first-order valence-corrected chi connectivity index (χ1v) is 15.3. The summed E-state index contributed by atoms with van der Waals surface area (Å²) in [6.45, 7) is 8.89. The topological polar surface area (TPSA) is 107 Å². The molecule has 2 saturated heterocycles. The number of hydrogen-bond donors (Lipinski definition) is 2. The minimum Gasteiger partial charge on any atom is -0.369 e. The van der Waals surface area contributed by atoms with E-state index in [4.69, 9.17) is 48.5 Å². The number of nitrogens with two attached hydrogens (primary N) is 1. The number of amides is 1. The van der Waals surface area contributed by atoms with Crippen LogP contribution in [-0.4, -0.2) is 59.1 Å². The monoisotopic (exact) mass is 622 g/mol. The number of ether oxygens (including phenoxy) is 2. The Morgan fingerprint density at radius 1 is 1.05 bits per heavy atom. The van der Waals surface area contributed by atoms with Crippen LogP contribution < -0.4 is 16.0 Å². The van der Waals surface area contributed by atoms with Crippen LogP contribution in [0.3, 0.4) is 0 Å². The van der Waals surface area contributed by atoms with Gasteiger partial charge < -0.3 is 25.4 Å². The molecule has 3 N–H and O–H groups in total. The zero-order chi connectivity index (χ0) is 30.4. The Bertz CT molecular complexity index is 1640. The second-order valence-corrected chi connectivity index (χ2v) is 13.0. The highest BCUT2D eigenvalue weighted by Crippen LogP contribution is 2.41. The summed E-state index contributed by atoms with van der Waals surface area (Å²) in [7, 11) is 0. The van der Waals surface area contributed by atoms with Gasteiger partial charge in [0, 0.05) is 47.6 Å². The Kier molecular flexibility index (Phi) is 8.02. The summed E-state index contributed by atoms with van der Waals surface area (Å²) < 4.78 is 13.6. The number of carbonyl (C=O) groups excluding carboxylic acids is 1. The van der Waals surface area contributed by atoms with Crippen LogP contribution in [0.25, 0.3) is 28.0 Å². The molecule has 2 aliphatic heterocycles. The van der Waals surface area contributed by atoms with Crippen LogP contribution >= 0.6 is 23.2 Å². The minimum atomic E-state index is -0.575. The van der Waals surface area contributed by atoms with Gasteiger partial charge in [-0.3, -0.25) is 4.79 Å². The number of rotatable bonds is 7. The van der Waals surface area contributed by atoms with Gasteiger partial charge in [-0.25, -0.2) is 4.98 Å². The molecule has 43 heavy (non-hydrogen) atoms. The molecule has 2 aliphatic rings. The van der Waals surface area contributed by atoms with E-state index in [1.54, 1.807) is 0 Å². The quantitative estimate of drug-likeness (QED) is 0.250. The number of benzene rings is 2. The Labute approximate surface area is 261 Å². The fraction of sp³-hybridized carbons (Fsp3) is 0.406. The van der Waals surface area contributed by atoms with Gasteiger partial charge in [-0.05, 0) is 50.5 Å². The highest BCUT2D eigenvalue weighted by molar-refractivity contribution is 6.33. The molecule has 0 atom stereocenters. The van der Waals surface area contributed by atoms with Gasteiger partial charge in [-0.2, -0.15) is 9.61 Å². The van der Waals surface area contributed by atoms with E-state index in [1.807, 2.05) is 79.9 Å². The van der Waals surface area contributed by atoms with E-state index in [-0.39, 0.29) is 11.8 Å². The standard InChI is InChI=1S/C32H36Cl2N6O3/c1-31(2)42-18-20(19-43-31)17-36-25-16-26(39-14-12-32(3,13-15-39)30(35)41)40-29(37-25)27(21-8-10-22(33)11-9-21)28(38-40)23-6-4-5-7-24(23)34/h4-11,16,20H,12-15,17-19H2,1-3H3,(H2,35,41)(H,36,37). The molecule has 0 radical (unpaired) electrons. The number of fused-ring (bicyclic) bond motifs is 1. The van der Waals surface area contributed by atoms with Crippen LogP contribution in [0, 0.1) is 11.3 Å². The third-order valence-electron chi connectivity index (χ3n) is 8.52. The molecule has 0 bridgehead atoms. The molecule has 11 heteroatoms. The van der Waals surface area contributed by atoms with E-state index >= 15 is 0 Å². The lowest BCUT2D eigenvalue weighted by Gasteiger charge is -2.38. The van der Waals surface area contributed by atoms with Crippen LogP contribution in [0.5, 0.6) is 0 Å². The average Bonchev–Trinajstić information content (AvgIpc) is 3.36. The lowest BCUT2D eigenvalue weighted by atomic mass is 9.80. The number of primary amides is 1. The van der Waals surface area contributed by atoms with Gasteiger partial charge in [0.05, 0.1) is 23.8 Å². The molecular weight excluding hydrogens is 587 g/mol. The second kappa shape index (κ2) is 11.6. The largest absolute Gasteiger partial charge is 0.369 e. The normalized spacial score (nSPS) is 18.6. The smallest absolute Gasteiger partial charge is 0.223 e. The van der Waals surface area contributed by atoms with Crippen molar-refractivity contribution in [3.63, 3.8) is 0 Å². The Morgan fingerprint density at radius 2 is 1.72 bits per heavy atom. The maximum atomic E-state index is 12.2. The second-order valence-electron chi connectivity index (χ2n) is 12.1. The molecule has 226 valence electrons. The van der Waals surface area contributed by atoms with Gasteiger partial charge in [-0.15, -0.1) is 0 Å².